The summed E-state index contributed by atoms with van der Waals surface area (Å²) in [5.74, 6) is -6.19. The van der Waals surface area contributed by atoms with Crippen LogP contribution in [-0.4, -0.2) is 55.7 Å². The third kappa shape index (κ3) is 6.90. The summed E-state index contributed by atoms with van der Waals surface area (Å²) in [5.41, 5.74) is -3.79. The Morgan fingerprint density at radius 3 is 2.39 bits per heavy atom. The van der Waals surface area contributed by atoms with Crippen LogP contribution < -0.4 is 9.64 Å². The van der Waals surface area contributed by atoms with Gasteiger partial charge in [-0.1, -0.05) is 0 Å². The molecule has 1 N–H and O–H groups in total. The molecule has 0 unspecified atom stereocenters. The number of carboxylic acids is 1. The molecule has 6 nitrogen and oxygen atoms in total. The van der Waals surface area contributed by atoms with Crippen LogP contribution in [0.5, 0.6) is 5.75 Å². The van der Waals surface area contributed by atoms with E-state index in [0.29, 0.717) is 0 Å². The molecule has 1 heterocycles. The largest absolute Gasteiger partial charge is 0.491 e. The Hall–Kier alpha value is -2.61. The van der Waals surface area contributed by atoms with Gasteiger partial charge in [-0.2, -0.15) is 0 Å². The maximum absolute atomic E-state index is 15.7. The van der Waals surface area contributed by atoms with E-state index in [1.807, 2.05) is 0 Å². The Labute approximate surface area is 238 Å². The normalized spacial score (nSPS) is 22.1. The Morgan fingerprint density at radius 1 is 1.20 bits per heavy atom. The fourth-order valence-corrected chi connectivity index (χ4v) is 7.71. The number of ether oxygens (including phenoxy) is 1. The molecule has 1 fully saturated rings. The number of fused-ring (bicyclic) bond motifs is 1. The highest BCUT2D eigenvalue weighted by Gasteiger charge is 2.47. The second kappa shape index (κ2) is 11.6. The van der Waals surface area contributed by atoms with Crippen molar-refractivity contribution in [2.75, 3.05) is 18.1 Å². The second-order valence-corrected chi connectivity index (χ2v) is 14.3. The van der Waals surface area contributed by atoms with Gasteiger partial charge < -0.3 is 14.7 Å². The quantitative estimate of drug-likeness (QED) is 0.283. The lowest BCUT2D eigenvalue weighted by molar-refractivity contribution is -0.148. The smallest absolute Gasteiger partial charge is 0.312 e. The number of benzene rings is 2. The lowest BCUT2D eigenvalue weighted by Crippen LogP contribution is -2.37. The van der Waals surface area contributed by atoms with E-state index in [0.717, 1.165) is 30.0 Å². The molecule has 1 aliphatic heterocycles. The van der Waals surface area contributed by atoms with Gasteiger partial charge in [0, 0.05) is 48.7 Å². The van der Waals surface area contributed by atoms with Crippen molar-refractivity contribution in [2.24, 2.45) is 11.3 Å². The third-order valence-corrected chi connectivity index (χ3v) is 10.3. The van der Waals surface area contributed by atoms with Gasteiger partial charge in [-0.25, -0.2) is 34.8 Å². The van der Waals surface area contributed by atoms with Crippen LogP contribution in [0.25, 0.3) is 0 Å². The minimum Gasteiger partial charge on any atom is -0.491 e. The van der Waals surface area contributed by atoms with Crippen molar-refractivity contribution in [3.8, 4) is 5.75 Å². The first kappa shape index (κ1) is 31.3. The monoisotopic (exact) mass is 625 g/mol. The van der Waals surface area contributed by atoms with Crippen LogP contribution in [0.1, 0.15) is 39.5 Å². The molecule has 0 bridgehead atoms. The van der Waals surface area contributed by atoms with Crippen molar-refractivity contribution in [1.82, 2.24) is 0 Å². The van der Waals surface area contributed by atoms with Crippen molar-refractivity contribution in [3.63, 3.8) is 0 Å². The van der Waals surface area contributed by atoms with E-state index in [-0.39, 0.29) is 28.6 Å². The zero-order valence-electron chi connectivity index (χ0n) is 22.1. The van der Waals surface area contributed by atoms with Gasteiger partial charge >= 0.3 is 5.97 Å². The fraction of sp³-hybridized carbons (Fsp3) is 0.519. The van der Waals surface area contributed by atoms with Gasteiger partial charge in [-0.15, -0.1) is 11.8 Å². The first-order valence-corrected chi connectivity index (χ1v) is 15.2. The Morgan fingerprint density at radius 2 is 1.83 bits per heavy atom. The third-order valence-electron chi connectivity index (χ3n) is 7.11. The summed E-state index contributed by atoms with van der Waals surface area (Å²) in [6, 6.07) is 7.23. The number of rotatable bonds is 10. The molecule has 2 aromatic rings. The van der Waals surface area contributed by atoms with Crippen molar-refractivity contribution < 1.29 is 49.4 Å². The molecule has 2 atom stereocenters. The van der Waals surface area contributed by atoms with Crippen LogP contribution in [0.4, 0.5) is 37.7 Å². The van der Waals surface area contributed by atoms with E-state index in [9.17, 15) is 40.3 Å². The number of anilines is 2. The van der Waals surface area contributed by atoms with E-state index in [1.54, 1.807) is 0 Å². The molecule has 41 heavy (non-hydrogen) atoms. The molecule has 0 saturated heterocycles. The van der Waals surface area contributed by atoms with Crippen LogP contribution in [0.15, 0.2) is 46.2 Å². The Bertz CT molecular complexity index is 1380. The molecule has 2 aromatic carbocycles. The standard InChI is InChI=1S/C27H29F6NO5S2/c1-26(2,25(35)36)14-39-20-10-22-19(9-21(20)40-18-11-27(32,33)12-18)34(17-6-4-16(28)5-7-17)13-15(3-8-23(29)30)24(31)41(22,37)38/h4-7,9-10,15,18,23-24H,3,8,11-14H2,1-2H3,(H,35,36)/t15-,24+/m1/s1. The summed E-state index contributed by atoms with van der Waals surface area (Å²) < 4.78 is 116. The zero-order valence-corrected chi connectivity index (χ0v) is 23.8. The molecule has 226 valence electrons. The lowest BCUT2D eigenvalue weighted by atomic mass is 9.94. The van der Waals surface area contributed by atoms with Crippen LogP contribution in [0.3, 0.4) is 0 Å². The van der Waals surface area contributed by atoms with Gasteiger partial charge in [0.05, 0.1) is 20.9 Å². The molecule has 0 aromatic heterocycles. The van der Waals surface area contributed by atoms with E-state index < -0.39 is 93.2 Å². The number of carboxylic acid groups (broad SMARTS) is 1. The SMILES string of the molecule is CC(C)(COc1cc2c(cc1SC1CC(F)(F)C1)N(c1ccc(F)cc1)C[C@@H](CCC(F)F)[C@@H](F)S2(=O)=O)C(=O)O. The maximum atomic E-state index is 15.7. The molecule has 4 rings (SSSR count). The second-order valence-electron chi connectivity index (χ2n) is 11.0. The molecule has 0 radical (unpaired) electrons. The topological polar surface area (TPSA) is 83.9 Å². The summed E-state index contributed by atoms with van der Waals surface area (Å²) >= 11 is 0.987. The Balaban J connectivity index is 1.86. The van der Waals surface area contributed by atoms with Crippen molar-refractivity contribution in [2.45, 2.75) is 72.4 Å². The average molecular weight is 626 g/mol. The van der Waals surface area contributed by atoms with Gasteiger partial charge in [-0.05, 0) is 50.6 Å². The predicted molar refractivity (Wildman–Crippen MR) is 141 cm³/mol. The molecular weight excluding hydrogens is 596 g/mol. The van der Waals surface area contributed by atoms with Gasteiger partial charge in [0.1, 0.15) is 18.2 Å². The van der Waals surface area contributed by atoms with Crippen LogP contribution in [0, 0.1) is 17.2 Å². The number of thioether (sulfide) groups is 1. The van der Waals surface area contributed by atoms with E-state index in [4.69, 9.17) is 4.74 Å². The van der Waals surface area contributed by atoms with Gasteiger partial charge in [0.15, 0.2) is 0 Å². The van der Waals surface area contributed by atoms with Crippen LogP contribution in [0.2, 0.25) is 0 Å². The number of carbonyl (C=O) groups is 1. The number of nitrogens with zero attached hydrogens (tertiary/aromatic N) is 1. The number of aliphatic carboxylic acids is 1. The number of alkyl halides is 5. The fourth-order valence-electron chi connectivity index (χ4n) is 4.58. The predicted octanol–water partition coefficient (Wildman–Crippen LogP) is 7.09. The molecule has 14 heteroatoms. The highest BCUT2D eigenvalue weighted by Crippen LogP contribution is 2.51. The van der Waals surface area contributed by atoms with Gasteiger partial charge in [0.2, 0.25) is 27.7 Å². The highest BCUT2D eigenvalue weighted by atomic mass is 32.2. The molecule has 2 aliphatic rings. The minimum absolute atomic E-state index is 0.0581. The Kier molecular flexibility index (Phi) is 8.85. The molecule has 1 saturated carbocycles. The van der Waals surface area contributed by atoms with E-state index >= 15 is 4.39 Å². The number of halogens is 6. The molecule has 0 amide bonds. The summed E-state index contributed by atoms with van der Waals surface area (Å²) in [7, 11) is -4.80. The molecule has 0 spiro atoms. The summed E-state index contributed by atoms with van der Waals surface area (Å²) in [6.45, 7) is 1.98. The summed E-state index contributed by atoms with van der Waals surface area (Å²) in [5, 5.41) is 8.92. The van der Waals surface area contributed by atoms with Crippen molar-refractivity contribution in [1.29, 1.82) is 0 Å². The molecular formula is C27H29F6NO5S2. The average Bonchev–Trinajstić information content (AvgIpc) is 2.93. The van der Waals surface area contributed by atoms with E-state index in [1.165, 1.54) is 36.9 Å². The number of hydrogen-bond donors (Lipinski definition) is 1. The zero-order chi connectivity index (χ0) is 30.3. The number of sulfone groups is 1. The molecule has 1 aliphatic carbocycles. The van der Waals surface area contributed by atoms with E-state index in [2.05, 4.69) is 0 Å². The van der Waals surface area contributed by atoms with Crippen molar-refractivity contribution in [3.05, 3.63) is 42.2 Å². The first-order chi connectivity index (χ1) is 19.0. The van der Waals surface area contributed by atoms with Crippen molar-refractivity contribution >= 4 is 38.9 Å². The van der Waals surface area contributed by atoms with Crippen LogP contribution >= 0.6 is 11.8 Å². The first-order valence-electron chi connectivity index (χ1n) is 12.8. The summed E-state index contributed by atoms with van der Waals surface area (Å²) in [4.78, 5) is 12.7. The van der Waals surface area contributed by atoms with Gasteiger partial charge in [0.25, 0.3) is 0 Å². The highest BCUT2D eigenvalue weighted by molar-refractivity contribution is 8.00. The number of hydrogen-bond acceptors (Lipinski definition) is 6. The lowest BCUT2D eigenvalue weighted by Gasteiger charge is -2.35. The maximum Gasteiger partial charge on any atom is 0.312 e. The van der Waals surface area contributed by atoms with Crippen LogP contribution in [-0.2, 0) is 14.6 Å². The summed E-state index contributed by atoms with van der Waals surface area (Å²) in [6.07, 6.45) is -4.90. The minimum atomic E-state index is -4.80. The van der Waals surface area contributed by atoms with Gasteiger partial charge in [-0.3, -0.25) is 4.79 Å².